The number of alkyl halides is 1. The smallest absolute Gasteiger partial charge is 0.0720 e. The maximum Gasteiger partial charge on any atom is 0.0720 e. The van der Waals surface area contributed by atoms with E-state index in [0.29, 0.717) is 0 Å². The van der Waals surface area contributed by atoms with Gasteiger partial charge in [0.15, 0.2) is 0 Å². The van der Waals surface area contributed by atoms with Crippen LogP contribution in [0.2, 0.25) is 0 Å². The summed E-state index contributed by atoms with van der Waals surface area (Å²) in [5, 5.41) is 5.03. The summed E-state index contributed by atoms with van der Waals surface area (Å²) in [6.07, 6.45) is 11.8. The molecule has 2 fully saturated rings. The summed E-state index contributed by atoms with van der Waals surface area (Å²) in [7, 11) is 0. The molecular weight excluding hydrogens is 252 g/mol. The molecule has 0 bridgehead atoms. The molecular formula is C12H17BrN2. The van der Waals surface area contributed by atoms with Gasteiger partial charge in [0.05, 0.1) is 4.32 Å². The van der Waals surface area contributed by atoms with E-state index in [0.717, 1.165) is 6.42 Å². The number of rotatable bonds is 1. The third-order valence-corrected chi connectivity index (χ3v) is 4.84. The van der Waals surface area contributed by atoms with Gasteiger partial charge in [0, 0.05) is 25.3 Å². The van der Waals surface area contributed by atoms with Gasteiger partial charge in [-0.1, -0.05) is 28.1 Å². The van der Waals surface area contributed by atoms with Gasteiger partial charge < -0.3 is 5.01 Å². The number of nitrogens with zero attached hydrogens (tertiary/aromatic N) is 2. The van der Waals surface area contributed by atoms with Crippen LogP contribution in [0.25, 0.3) is 0 Å². The number of fused-ring (bicyclic) bond motifs is 1. The van der Waals surface area contributed by atoms with Gasteiger partial charge in [-0.15, -0.1) is 0 Å². The Balaban J connectivity index is 1.86. The van der Waals surface area contributed by atoms with E-state index in [-0.39, 0.29) is 4.32 Å². The molecule has 2 saturated heterocycles. The average molecular weight is 269 g/mol. The highest BCUT2D eigenvalue weighted by atomic mass is 79.9. The first kappa shape index (κ1) is 9.91. The molecule has 2 heterocycles. The monoisotopic (exact) mass is 268 g/mol. The molecule has 1 aliphatic carbocycles. The molecule has 0 spiro atoms. The van der Waals surface area contributed by atoms with Crippen molar-refractivity contribution >= 4 is 15.9 Å². The maximum absolute atomic E-state index is 3.92. The predicted octanol–water partition coefficient (Wildman–Crippen LogP) is 2.68. The molecule has 15 heavy (non-hydrogen) atoms. The maximum atomic E-state index is 3.92. The van der Waals surface area contributed by atoms with Crippen molar-refractivity contribution in [2.45, 2.75) is 30.0 Å². The molecule has 0 amide bonds. The van der Waals surface area contributed by atoms with E-state index in [1.807, 2.05) is 0 Å². The van der Waals surface area contributed by atoms with Crippen LogP contribution in [-0.2, 0) is 0 Å². The van der Waals surface area contributed by atoms with Gasteiger partial charge in [0.25, 0.3) is 0 Å². The van der Waals surface area contributed by atoms with E-state index in [1.165, 1.54) is 44.6 Å². The van der Waals surface area contributed by atoms with E-state index in [4.69, 9.17) is 0 Å². The van der Waals surface area contributed by atoms with Gasteiger partial charge in [-0.3, -0.25) is 0 Å². The van der Waals surface area contributed by atoms with E-state index in [1.54, 1.807) is 0 Å². The fourth-order valence-electron chi connectivity index (χ4n) is 2.85. The normalized spacial score (nSPS) is 35.8. The van der Waals surface area contributed by atoms with Crippen LogP contribution in [0.4, 0.5) is 0 Å². The molecule has 0 aromatic rings. The van der Waals surface area contributed by atoms with Crippen LogP contribution >= 0.6 is 15.9 Å². The van der Waals surface area contributed by atoms with Crippen LogP contribution in [-0.4, -0.2) is 34.0 Å². The Morgan fingerprint density at radius 2 is 2.00 bits per heavy atom. The number of hydrogen-bond donors (Lipinski definition) is 0. The minimum atomic E-state index is 0.240. The Kier molecular flexibility index (Phi) is 2.40. The standard InChI is InChI=1S/C12H17BrN2/c13-12-6-2-1-5-11(12)15(10-7-12)14-8-3-4-9-14/h1-2,5H,3-4,6-10H2. The van der Waals surface area contributed by atoms with E-state index < -0.39 is 0 Å². The van der Waals surface area contributed by atoms with Crippen LogP contribution in [0.15, 0.2) is 23.9 Å². The van der Waals surface area contributed by atoms with Crippen LogP contribution in [0, 0.1) is 0 Å². The second-order valence-electron chi connectivity index (χ2n) is 4.68. The highest BCUT2D eigenvalue weighted by Crippen LogP contribution is 2.45. The summed E-state index contributed by atoms with van der Waals surface area (Å²) in [6.45, 7) is 3.66. The predicted molar refractivity (Wildman–Crippen MR) is 65.6 cm³/mol. The van der Waals surface area contributed by atoms with Gasteiger partial charge in [0.1, 0.15) is 0 Å². The first-order valence-electron chi connectivity index (χ1n) is 5.88. The quantitative estimate of drug-likeness (QED) is 0.675. The zero-order valence-electron chi connectivity index (χ0n) is 8.95. The third kappa shape index (κ3) is 1.56. The van der Waals surface area contributed by atoms with Crippen LogP contribution in [0.3, 0.4) is 0 Å². The topological polar surface area (TPSA) is 6.48 Å². The first-order chi connectivity index (χ1) is 7.30. The van der Waals surface area contributed by atoms with E-state index in [2.05, 4.69) is 44.2 Å². The summed E-state index contributed by atoms with van der Waals surface area (Å²) >= 11 is 3.92. The molecule has 3 aliphatic rings. The van der Waals surface area contributed by atoms with Crippen LogP contribution < -0.4 is 0 Å². The minimum Gasteiger partial charge on any atom is -0.308 e. The van der Waals surface area contributed by atoms with Crippen molar-refractivity contribution < 1.29 is 0 Å². The molecule has 2 nitrogen and oxygen atoms in total. The number of allylic oxidation sites excluding steroid dienone is 4. The van der Waals surface area contributed by atoms with Gasteiger partial charge >= 0.3 is 0 Å². The van der Waals surface area contributed by atoms with Gasteiger partial charge in [0.2, 0.25) is 0 Å². The molecule has 3 heteroatoms. The summed E-state index contributed by atoms with van der Waals surface area (Å²) in [6, 6.07) is 0. The highest BCUT2D eigenvalue weighted by Gasteiger charge is 2.42. The SMILES string of the molecule is BrC12CC=CC=C1N(N1CCCC1)CC2. The first-order valence-corrected chi connectivity index (χ1v) is 6.67. The van der Waals surface area contributed by atoms with E-state index in [9.17, 15) is 0 Å². The lowest BCUT2D eigenvalue weighted by atomic mass is 9.97. The minimum absolute atomic E-state index is 0.240. The molecule has 0 aromatic carbocycles. The zero-order valence-corrected chi connectivity index (χ0v) is 10.5. The van der Waals surface area contributed by atoms with Crippen molar-refractivity contribution in [2.24, 2.45) is 0 Å². The Hall–Kier alpha value is -0.280. The fourth-order valence-corrected chi connectivity index (χ4v) is 3.56. The van der Waals surface area contributed by atoms with Crippen molar-refractivity contribution in [3.63, 3.8) is 0 Å². The summed E-state index contributed by atoms with van der Waals surface area (Å²) in [5.74, 6) is 0. The molecule has 1 unspecified atom stereocenters. The van der Waals surface area contributed by atoms with Gasteiger partial charge in [-0.25, -0.2) is 5.01 Å². The second-order valence-corrected chi connectivity index (χ2v) is 6.20. The largest absolute Gasteiger partial charge is 0.308 e. The average Bonchev–Trinajstić information content (AvgIpc) is 2.82. The number of halogens is 1. The Labute approximate surface area is 99.7 Å². The van der Waals surface area contributed by atoms with Gasteiger partial charge in [-0.2, -0.15) is 0 Å². The molecule has 0 radical (unpaired) electrons. The zero-order chi connectivity index (χ0) is 10.3. The Morgan fingerprint density at radius 1 is 1.20 bits per heavy atom. The fraction of sp³-hybridized carbons (Fsp3) is 0.667. The van der Waals surface area contributed by atoms with Crippen molar-refractivity contribution in [3.05, 3.63) is 23.9 Å². The molecule has 2 aliphatic heterocycles. The molecule has 0 aromatic heterocycles. The summed E-state index contributed by atoms with van der Waals surface area (Å²) in [5.41, 5.74) is 1.48. The summed E-state index contributed by atoms with van der Waals surface area (Å²) < 4.78 is 0.240. The lowest BCUT2D eigenvalue weighted by molar-refractivity contribution is 0.0500. The molecule has 1 atom stereocenters. The van der Waals surface area contributed by atoms with Crippen molar-refractivity contribution in [2.75, 3.05) is 19.6 Å². The van der Waals surface area contributed by atoms with Gasteiger partial charge in [-0.05, 0) is 31.8 Å². The number of hydrogen-bond acceptors (Lipinski definition) is 2. The molecule has 3 rings (SSSR count). The van der Waals surface area contributed by atoms with Crippen LogP contribution in [0.5, 0.6) is 0 Å². The van der Waals surface area contributed by atoms with E-state index >= 15 is 0 Å². The lowest BCUT2D eigenvalue weighted by Gasteiger charge is -2.34. The van der Waals surface area contributed by atoms with Crippen LogP contribution in [0.1, 0.15) is 25.7 Å². The number of hydrazine groups is 1. The molecule has 82 valence electrons. The van der Waals surface area contributed by atoms with Crippen molar-refractivity contribution in [3.8, 4) is 0 Å². The Bertz CT molecular complexity index is 318. The Morgan fingerprint density at radius 3 is 2.80 bits per heavy atom. The summed E-state index contributed by atoms with van der Waals surface area (Å²) in [4.78, 5) is 0. The third-order valence-electron chi connectivity index (χ3n) is 3.71. The second kappa shape index (κ2) is 3.63. The molecule has 0 N–H and O–H groups in total. The highest BCUT2D eigenvalue weighted by molar-refractivity contribution is 9.10. The molecule has 0 saturated carbocycles. The van der Waals surface area contributed by atoms with Crippen molar-refractivity contribution in [1.29, 1.82) is 0 Å². The van der Waals surface area contributed by atoms with Crippen molar-refractivity contribution in [1.82, 2.24) is 10.0 Å². The lowest BCUT2D eigenvalue weighted by Crippen LogP contribution is -2.39.